The molecule has 3 saturated heterocycles. The van der Waals surface area contributed by atoms with Gasteiger partial charge in [0.15, 0.2) is 12.1 Å². The maximum Gasteiger partial charge on any atom is 0.186 e. The summed E-state index contributed by atoms with van der Waals surface area (Å²) in [7, 11) is 0. The Labute approximate surface area is 233 Å². The molecule has 15 atom stereocenters. The number of ether oxygens (including phenoxy) is 4. The third kappa shape index (κ3) is 3.93. The van der Waals surface area contributed by atoms with E-state index in [9.17, 15) is 15.3 Å². The highest BCUT2D eigenvalue weighted by Gasteiger charge is 2.68. The number of allylic oxidation sites excluding steroid dienone is 1. The van der Waals surface area contributed by atoms with Crippen molar-refractivity contribution in [3.63, 3.8) is 0 Å². The van der Waals surface area contributed by atoms with Crippen LogP contribution in [0.1, 0.15) is 85.5 Å². The van der Waals surface area contributed by atoms with Gasteiger partial charge in [0.25, 0.3) is 0 Å². The monoisotopic (exact) mass is 546 g/mol. The molecular formula is C32H50O7. The second-order valence-corrected chi connectivity index (χ2v) is 15.0. The zero-order valence-corrected chi connectivity index (χ0v) is 24.3. The van der Waals surface area contributed by atoms with Crippen LogP contribution in [0.25, 0.3) is 0 Å². The van der Waals surface area contributed by atoms with Crippen LogP contribution >= 0.6 is 0 Å². The SMILES string of the molecule is C[C@@H]1CC[C@@]2(OC1)O[C@H]1C[C@H]3[C@@H]4CC=C5C[C@@H](O[C@H]6O[C@@H](CO)[C@H](O)[C@@H]6O)CC[C@]5(C)[C@H]4CC[C@]3(C)[C@H]1[C@@H]2C. The van der Waals surface area contributed by atoms with Crippen molar-refractivity contribution in [1.29, 1.82) is 0 Å². The van der Waals surface area contributed by atoms with Crippen molar-refractivity contribution in [2.75, 3.05) is 13.2 Å². The molecule has 7 heteroatoms. The van der Waals surface area contributed by atoms with E-state index in [1.54, 1.807) is 0 Å². The molecule has 220 valence electrons. The molecule has 0 aromatic rings. The summed E-state index contributed by atoms with van der Waals surface area (Å²) in [6.45, 7) is 10.3. The Kier molecular flexibility index (Phi) is 6.64. The number of hydrogen-bond donors (Lipinski definition) is 3. The minimum Gasteiger partial charge on any atom is -0.394 e. The van der Waals surface area contributed by atoms with Gasteiger partial charge >= 0.3 is 0 Å². The standard InChI is InChI=1S/C32H50O7/c1-17-7-12-32(36-16-17)18(2)26-24(39-32)14-23-21-6-5-19-13-20(37-29-28(35)27(34)25(15-33)38-29)8-10-30(19,3)22(21)9-11-31(23,26)4/h5,17-18,20-29,33-35H,6-16H2,1-4H3/t17-,18+,20+,21-,22+,23+,24+,25+,26+,27+,28+,29+,30+,31+,32-/m1/s1. The predicted molar refractivity (Wildman–Crippen MR) is 144 cm³/mol. The third-order valence-electron chi connectivity index (χ3n) is 13.2. The summed E-state index contributed by atoms with van der Waals surface area (Å²) < 4.78 is 25.2. The molecule has 7 rings (SSSR count). The highest BCUT2D eigenvalue weighted by Crippen LogP contribution is 2.70. The molecule has 3 aliphatic heterocycles. The summed E-state index contributed by atoms with van der Waals surface area (Å²) in [6.07, 6.45) is 8.95. The summed E-state index contributed by atoms with van der Waals surface area (Å²) in [6, 6.07) is 0. The molecule has 7 aliphatic rings. The minimum atomic E-state index is -1.12. The van der Waals surface area contributed by atoms with E-state index in [4.69, 9.17) is 18.9 Å². The van der Waals surface area contributed by atoms with Gasteiger partial charge in [0.1, 0.15) is 18.3 Å². The van der Waals surface area contributed by atoms with Crippen molar-refractivity contribution < 1.29 is 34.3 Å². The van der Waals surface area contributed by atoms with E-state index >= 15 is 0 Å². The quantitative estimate of drug-likeness (QED) is 0.457. The van der Waals surface area contributed by atoms with E-state index < -0.39 is 24.6 Å². The first kappa shape index (κ1) is 27.3. The lowest BCUT2D eigenvalue weighted by molar-refractivity contribution is -0.272. The molecule has 6 fully saturated rings. The fraction of sp³-hybridized carbons (Fsp3) is 0.938. The zero-order chi connectivity index (χ0) is 27.3. The van der Waals surface area contributed by atoms with Crippen LogP contribution in [0.15, 0.2) is 11.6 Å². The maximum absolute atomic E-state index is 10.4. The van der Waals surface area contributed by atoms with Crippen LogP contribution in [0, 0.1) is 46.3 Å². The van der Waals surface area contributed by atoms with Crippen LogP contribution in [0.5, 0.6) is 0 Å². The summed E-state index contributed by atoms with van der Waals surface area (Å²) in [5.74, 6) is 3.44. The van der Waals surface area contributed by atoms with Gasteiger partial charge < -0.3 is 34.3 Å². The van der Waals surface area contributed by atoms with E-state index in [0.29, 0.717) is 47.0 Å². The highest BCUT2D eigenvalue weighted by molar-refractivity contribution is 5.26. The van der Waals surface area contributed by atoms with Crippen molar-refractivity contribution in [3.05, 3.63) is 11.6 Å². The molecule has 0 aromatic carbocycles. The molecule has 39 heavy (non-hydrogen) atoms. The second kappa shape index (κ2) is 9.48. The molecule has 0 bridgehead atoms. The van der Waals surface area contributed by atoms with Crippen LogP contribution in [0.3, 0.4) is 0 Å². The maximum atomic E-state index is 10.4. The van der Waals surface area contributed by atoms with Crippen molar-refractivity contribution in [1.82, 2.24) is 0 Å². The Bertz CT molecular complexity index is 976. The summed E-state index contributed by atoms with van der Waals surface area (Å²) >= 11 is 0. The number of fused-ring (bicyclic) bond motifs is 7. The predicted octanol–water partition coefficient (Wildman–Crippen LogP) is 4.18. The van der Waals surface area contributed by atoms with Crippen LogP contribution in [-0.4, -0.2) is 71.1 Å². The molecule has 0 radical (unpaired) electrons. The largest absolute Gasteiger partial charge is 0.394 e. The molecule has 4 aliphatic carbocycles. The lowest BCUT2D eigenvalue weighted by Gasteiger charge is -2.58. The lowest BCUT2D eigenvalue weighted by Crippen LogP contribution is -2.52. The van der Waals surface area contributed by atoms with E-state index in [1.807, 2.05) is 0 Å². The van der Waals surface area contributed by atoms with Crippen LogP contribution in [-0.2, 0) is 18.9 Å². The first-order valence-corrected chi connectivity index (χ1v) is 15.9. The Balaban J connectivity index is 1.06. The summed E-state index contributed by atoms with van der Waals surface area (Å²) in [5, 5.41) is 29.9. The first-order chi connectivity index (χ1) is 18.6. The lowest BCUT2D eigenvalue weighted by atomic mass is 9.47. The fourth-order valence-corrected chi connectivity index (χ4v) is 10.9. The van der Waals surface area contributed by atoms with E-state index in [0.717, 1.165) is 38.7 Å². The Morgan fingerprint density at radius 2 is 1.85 bits per heavy atom. The van der Waals surface area contributed by atoms with Gasteiger partial charge in [0.05, 0.1) is 25.4 Å². The summed E-state index contributed by atoms with van der Waals surface area (Å²) in [5.41, 5.74) is 2.03. The fourth-order valence-electron chi connectivity index (χ4n) is 10.9. The van der Waals surface area contributed by atoms with Gasteiger partial charge in [-0.05, 0) is 91.8 Å². The zero-order valence-electron chi connectivity index (χ0n) is 24.3. The number of rotatable bonds is 3. The van der Waals surface area contributed by atoms with Crippen LogP contribution in [0.4, 0.5) is 0 Å². The van der Waals surface area contributed by atoms with Gasteiger partial charge in [-0.15, -0.1) is 0 Å². The number of hydrogen-bond acceptors (Lipinski definition) is 7. The Morgan fingerprint density at radius 3 is 2.56 bits per heavy atom. The Hall–Kier alpha value is -0.540. The van der Waals surface area contributed by atoms with Gasteiger partial charge in [-0.3, -0.25) is 0 Å². The molecule has 1 spiro atoms. The Morgan fingerprint density at radius 1 is 1.03 bits per heavy atom. The molecule has 0 amide bonds. The van der Waals surface area contributed by atoms with Crippen LogP contribution in [0.2, 0.25) is 0 Å². The number of aliphatic hydroxyl groups is 3. The van der Waals surface area contributed by atoms with Gasteiger partial charge in [-0.25, -0.2) is 0 Å². The van der Waals surface area contributed by atoms with Crippen LogP contribution < -0.4 is 0 Å². The third-order valence-corrected chi connectivity index (χ3v) is 13.2. The molecular weight excluding hydrogens is 496 g/mol. The first-order valence-electron chi connectivity index (χ1n) is 15.9. The molecule has 3 N–H and O–H groups in total. The smallest absolute Gasteiger partial charge is 0.186 e. The van der Waals surface area contributed by atoms with E-state index in [-0.39, 0.29) is 23.9 Å². The van der Waals surface area contributed by atoms with Gasteiger partial charge in [0.2, 0.25) is 0 Å². The average molecular weight is 547 g/mol. The average Bonchev–Trinajstić information content (AvgIpc) is 3.47. The number of aliphatic hydroxyl groups excluding tert-OH is 3. The van der Waals surface area contributed by atoms with Crippen molar-refractivity contribution in [2.45, 2.75) is 128 Å². The topological polar surface area (TPSA) is 97.6 Å². The van der Waals surface area contributed by atoms with Crippen molar-refractivity contribution in [3.8, 4) is 0 Å². The molecule has 0 unspecified atom stereocenters. The van der Waals surface area contributed by atoms with Gasteiger partial charge in [-0.1, -0.05) is 39.3 Å². The second-order valence-electron chi connectivity index (χ2n) is 15.0. The molecule has 3 heterocycles. The van der Waals surface area contributed by atoms with E-state index in [1.165, 1.54) is 31.3 Å². The van der Waals surface area contributed by atoms with Gasteiger partial charge in [0, 0.05) is 12.3 Å². The minimum absolute atomic E-state index is 0.0338. The molecule has 7 nitrogen and oxygen atoms in total. The summed E-state index contributed by atoms with van der Waals surface area (Å²) in [4.78, 5) is 0. The van der Waals surface area contributed by atoms with E-state index in [2.05, 4.69) is 33.8 Å². The van der Waals surface area contributed by atoms with Crippen molar-refractivity contribution >= 4 is 0 Å². The normalized spacial score (nSPS) is 58.5. The van der Waals surface area contributed by atoms with Gasteiger partial charge in [-0.2, -0.15) is 0 Å². The molecule has 0 aromatic heterocycles. The van der Waals surface area contributed by atoms with Crippen molar-refractivity contribution in [2.24, 2.45) is 46.3 Å². The molecule has 3 saturated carbocycles. The highest BCUT2D eigenvalue weighted by atomic mass is 16.7.